The third kappa shape index (κ3) is 3.08. The van der Waals surface area contributed by atoms with Crippen LogP contribution in [0, 0.1) is 0 Å². The van der Waals surface area contributed by atoms with Gasteiger partial charge in [-0.2, -0.15) is 0 Å². The van der Waals surface area contributed by atoms with Crippen molar-refractivity contribution in [3.63, 3.8) is 0 Å². The Morgan fingerprint density at radius 2 is 2.12 bits per heavy atom. The van der Waals surface area contributed by atoms with Crippen LogP contribution in [0.15, 0.2) is 24.4 Å². The molecule has 0 aromatic carbocycles. The van der Waals surface area contributed by atoms with Crippen molar-refractivity contribution >= 4 is 0 Å². The summed E-state index contributed by atoms with van der Waals surface area (Å²) < 4.78 is 4.26. The lowest BCUT2D eigenvalue weighted by Crippen LogP contribution is -1.83. The molecule has 3 nitrogen and oxygen atoms in total. The van der Waals surface area contributed by atoms with Crippen LogP contribution >= 0.6 is 0 Å². The molecule has 0 aliphatic carbocycles. The maximum atomic E-state index is 8.45. The maximum absolute atomic E-state index is 8.45. The summed E-state index contributed by atoms with van der Waals surface area (Å²) in [5.41, 5.74) is 0. The lowest BCUT2D eigenvalue weighted by molar-refractivity contribution is 0.134. The minimum absolute atomic E-state index is 0.232. The van der Waals surface area contributed by atoms with Gasteiger partial charge in [0.25, 0.3) is 5.95 Å². The number of methoxy groups -OCH3 is 1. The van der Waals surface area contributed by atoms with Gasteiger partial charge in [0.2, 0.25) is 0 Å². The molecule has 0 amide bonds. The molecule has 46 valence electrons. The standard InChI is InChI=1S/C5H8O3/c1-4(6)3-5(7)8-2/h3,6-7H,1H2,2H3/b5-3-. The zero-order valence-electron chi connectivity index (χ0n) is 4.59. The lowest BCUT2D eigenvalue weighted by atomic mass is 10.5. The highest BCUT2D eigenvalue weighted by atomic mass is 16.6. The Bertz CT molecular complexity index is 115. The van der Waals surface area contributed by atoms with E-state index in [0.717, 1.165) is 6.08 Å². The van der Waals surface area contributed by atoms with Crippen LogP contribution in [0.1, 0.15) is 0 Å². The molecule has 0 spiro atoms. The van der Waals surface area contributed by atoms with Crippen LogP contribution < -0.4 is 0 Å². The first-order valence-corrected chi connectivity index (χ1v) is 1.99. The molecule has 0 rings (SSSR count). The SMILES string of the molecule is C=C(O)/C=C(/O)OC. The first-order chi connectivity index (χ1) is 3.66. The van der Waals surface area contributed by atoms with Crippen molar-refractivity contribution < 1.29 is 14.9 Å². The molecule has 0 atom stereocenters. The van der Waals surface area contributed by atoms with Gasteiger partial charge in [0.15, 0.2) is 0 Å². The number of ether oxygens (including phenoxy) is 1. The number of allylic oxidation sites excluding steroid dienone is 1. The molecule has 0 saturated carbocycles. The highest BCUT2D eigenvalue weighted by molar-refractivity contribution is 5.05. The molecule has 0 fully saturated rings. The molecular weight excluding hydrogens is 108 g/mol. The fraction of sp³-hybridized carbons (Fsp3) is 0.200. The average molecular weight is 116 g/mol. The lowest BCUT2D eigenvalue weighted by Gasteiger charge is -1.93. The molecule has 0 unspecified atom stereocenters. The molecule has 0 radical (unpaired) electrons. The summed E-state index contributed by atoms with van der Waals surface area (Å²) in [6.45, 7) is 3.08. The van der Waals surface area contributed by atoms with Crippen LogP contribution in [0.5, 0.6) is 0 Å². The second-order valence-corrected chi connectivity index (χ2v) is 1.18. The molecule has 2 N–H and O–H groups in total. The van der Waals surface area contributed by atoms with Gasteiger partial charge in [-0.05, 0) is 0 Å². The Morgan fingerprint density at radius 3 is 2.25 bits per heavy atom. The van der Waals surface area contributed by atoms with Crippen LogP contribution in [-0.4, -0.2) is 17.3 Å². The van der Waals surface area contributed by atoms with Crippen molar-refractivity contribution in [1.82, 2.24) is 0 Å². The summed E-state index contributed by atoms with van der Waals surface area (Å²) in [6, 6.07) is 0. The minimum atomic E-state index is -0.350. The molecular formula is C5H8O3. The molecule has 0 heterocycles. The third-order valence-corrected chi connectivity index (χ3v) is 0.499. The van der Waals surface area contributed by atoms with E-state index in [2.05, 4.69) is 11.3 Å². The summed E-state index contributed by atoms with van der Waals surface area (Å²) in [4.78, 5) is 0. The summed E-state index contributed by atoms with van der Waals surface area (Å²) in [6.07, 6.45) is 1.00. The van der Waals surface area contributed by atoms with Crippen LogP contribution in [0.2, 0.25) is 0 Å². The first kappa shape index (κ1) is 6.88. The molecule has 0 aromatic rings. The number of aliphatic hydroxyl groups excluding tert-OH is 2. The minimum Gasteiger partial charge on any atom is -0.508 e. The van der Waals surface area contributed by atoms with Crippen molar-refractivity contribution in [1.29, 1.82) is 0 Å². The van der Waals surface area contributed by atoms with Gasteiger partial charge in [-0.3, -0.25) is 0 Å². The van der Waals surface area contributed by atoms with Gasteiger partial charge in [-0.25, -0.2) is 0 Å². The predicted molar refractivity (Wildman–Crippen MR) is 29.5 cm³/mol. The van der Waals surface area contributed by atoms with E-state index in [1.807, 2.05) is 0 Å². The number of hydrogen-bond donors (Lipinski definition) is 2. The summed E-state index contributed by atoms with van der Waals surface area (Å²) >= 11 is 0. The fourth-order valence-corrected chi connectivity index (χ4v) is 0.201. The Morgan fingerprint density at radius 1 is 1.62 bits per heavy atom. The highest BCUT2D eigenvalue weighted by Gasteiger charge is 1.86. The monoisotopic (exact) mass is 116 g/mol. The topological polar surface area (TPSA) is 49.7 Å². The first-order valence-electron chi connectivity index (χ1n) is 1.99. The van der Waals surface area contributed by atoms with Gasteiger partial charge in [0.1, 0.15) is 5.76 Å². The quantitative estimate of drug-likeness (QED) is 0.419. The largest absolute Gasteiger partial charge is 0.508 e. The number of hydrogen-bond acceptors (Lipinski definition) is 3. The number of rotatable bonds is 2. The van der Waals surface area contributed by atoms with E-state index in [1.54, 1.807) is 0 Å². The van der Waals surface area contributed by atoms with Crippen molar-refractivity contribution in [2.75, 3.05) is 7.11 Å². The maximum Gasteiger partial charge on any atom is 0.280 e. The van der Waals surface area contributed by atoms with E-state index in [1.165, 1.54) is 7.11 Å². The van der Waals surface area contributed by atoms with Crippen molar-refractivity contribution in [3.05, 3.63) is 24.4 Å². The smallest absolute Gasteiger partial charge is 0.280 e. The fourth-order valence-electron chi connectivity index (χ4n) is 0.201. The Kier molecular flexibility index (Phi) is 2.54. The second-order valence-electron chi connectivity index (χ2n) is 1.18. The van der Waals surface area contributed by atoms with Gasteiger partial charge >= 0.3 is 0 Å². The van der Waals surface area contributed by atoms with E-state index < -0.39 is 0 Å². The van der Waals surface area contributed by atoms with Gasteiger partial charge in [-0.1, -0.05) is 6.58 Å². The van der Waals surface area contributed by atoms with Gasteiger partial charge in [-0.15, -0.1) is 0 Å². The van der Waals surface area contributed by atoms with E-state index in [9.17, 15) is 0 Å². The van der Waals surface area contributed by atoms with Crippen molar-refractivity contribution in [2.45, 2.75) is 0 Å². The predicted octanol–water partition coefficient (Wildman–Crippen LogP) is 1.10. The molecule has 3 heteroatoms. The third-order valence-electron chi connectivity index (χ3n) is 0.499. The summed E-state index contributed by atoms with van der Waals surface area (Å²) in [7, 11) is 1.29. The zero-order valence-corrected chi connectivity index (χ0v) is 4.59. The van der Waals surface area contributed by atoms with E-state index in [4.69, 9.17) is 10.2 Å². The van der Waals surface area contributed by atoms with Gasteiger partial charge in [0, 0.05) is 0 Å². The zero-order chi connectivity index (χ0) is 6.57. The van der Waals surface area contributed by atoms with E-state index >= 15 is 0 Å². The normalized spacial score (nSPS) is 10.9. The van der Waals surface area contributed by atoms with Crippen LogP contribution in [-0.2, 0) is 4.74 Å². The molecule has 0 aromatic heterocycles. The molecule has 0 saturated heterocycles. The Balaban J connectivity index is 3.75. The molecule has 0 aliphatic rings. The highest BCUT2D eigenvalue weighted by Crippen LogP contribution is 1.92. The molecule has 0 bridgehead atoms. The van der Waals surface area contributed by atoms with Gasteiger partial charge < -0.3 is 14.9 Å². The number of aliphatic hydroxyl groups is 2. The summed E-state index contributed by atoms with van der Waals surface area (Å²) in [5, 5.41) is 16.8. The van der Waals surface area contributed by atoms with E-state index in [0.29, 0.717) is 0 Å². The Hall–Kier alpha value is -1.12. The second kappa shape index (κ2) is 2.96. The Labute approximate surface area is 47.5 Å². The van der Waals surface area contributed by atoms with Crippen LogP contribution in [0.3, 0.4) is 0 Å². The van der Waals surface area contributed by atoms with E-state index in [-0.39, 0.29) is 11.7 Å². The van der Waals surface area contributed by atoms with Gasteiger partial charge in [0.05, 0.1) is 13.2 Å². The molecule has 0 aliphatic heterocycles. The van der Waals surface area contributed by atoms with Crippen molar-refractivity contribution in [3.8, 4) is 0 Å². The molecule has 8 heavy (non-hydrogen) atoms. The van der Waals surface area contributed by atoms with Crippen molar-refractivity contribution in [2.24, 2.45) is 0 Å². The summed E-state index contributed by atoms with van der Waals surface area (Å²) in [5.74, 6) is -0.582. The van der Waals surface area contributed by atoms with Crippen LogP contribution in [0.4, 0.5) is 0 Å². The average Bonchev–Trinajstić information content (AvgIpc) is 1.65. The van der Waals surface area contributed by atoms with Crippen LogP contribution in [0.25, 0.3) is 0 Å².